The van der Waals surface area contributed by atoms with Crippen molar-refractivity contribution in [3.05, 3.63) is 53.1 Å². The van der Waals surface area contributed by atoms with Crippen molar-refractivity contribution < 1.29 is 18.0 Å². The molecule has 4 rings (SSSR count). The predicted molar refractivity (Wildman–Crippen MR) is 109 cm³/mol. The Morgan fingerprint density at radius 3 is 2.57 bits per heavy atom. The van der Waals surface area contributed by atoms with Crippen molar-refractivity contribution in [1.29, 1.82) is 0 Å². The highest BCUT2D eigenvalue weighted by atomic mass is 32.2. The molecule has 0 saturated carbocycles. The van der Waals surface area contributed by atoms with Crippen LogP contribution in [0.4, 0.5) is 18.9 Å². The SMILES string of the molecule is Cc1cc(C)c2c(c1)[nH]c1nnc(SCC(=O)Nc3ccc(C(F)(F)F)cc3)nc12. The summed E-state index contributed by atoms with van der Waals surface area (Å²) in [6.45, 7) is 4.00. The fourth-order valence-corrected chi connectivity index (χ4v) is 3.80. The fraction of sp³-hybridized carbons (Fsp3) is 0.200. The van der Waals surface area contributed by atoms with Crippen molar-refractivity contribution >= 4 is 45.4 Å². The number of carbonyl (C=O) groups is 1. The number of halogens is 3. The molecule has 30 heavy (non-hydrogen) atoms. The molecule has 0 radical (unpaired) electrons. The number of aromatic amines is 1. The van der Waals surface area contributed by atoms with Gasteiger partial charge >= 0.3 is 6.18 Å². The molecule has 2 aromatic heterocycles. The van der Waals surface area contributed by atoms with E-state index in [0.717, 1.165) is 45.9 Å². The molecule has 4 aromatic rings. The van der Waals surface area contributed by atoms with E-state index in [1.807, 2.05) is 19.9 Å². The number of fused-ring (bicyclic) bond motifs is 3. The maximum Gasteiger partial charge on any atom is 0.416 e. The second-order valence-electron chi connectivity index (χ2n) is 6.83. The van der Waals surface area contributed by atoms with E-state index in [0.29, 0.717) is 16.3 Å². The van der Waals surface area contributed by atoms with Crippen molar-refractivity contribution in [2.24, 2.45) is 0 Å². The first kappa shape index (κ1) is 20.1. The lowest BCUT2D eigenvalue weighted by Crippen LogP contribution is -2.14. The zero-order valence-electron chi connectivity index (χ0n) is 16.0. The monoisotopic (exact) mass is 431 g/mol. The van der Waals surface area contributed by atoms with E-state index in [1.54, 1.807) is 0 Å². The van der Waals surface area contributed by atoms with Crippen molar-refractivity contribution in [2.45, 2.75) is 25.2 Å². The van der Waals surface area contributed by atoms with Crippen LogP contribution in [0, 0.1) is 13.8 Å². The Bertz CT molecular complexity index is 1250. The Hall–Kier alpha value is -3.14. The van der Waals surface area contributed by atoms with Gasteiger partial charge in [0, 0.05) is 16.6 Å². The number of nitrogens with one attached hydrogen (secondary N) is 2. The number of hydrogen-bond acceptors (Lipinski definition) is 5. The van der Waals surface area contributed by atoms with E-state index in [-0.39, 0.29) is 17.3 Å². The van der Waals surface area contributed by atoms with E-state index in [2.05, 4.69) is 31.5 Å². The molecule has 0 aliphatic heterocycles. The number of hydrogen-bond donors (Lipinski definition) is 2. The Morgan fingerprint density at radius 1 is 1.13 bits per heavy atom. The van der Waals surface area contributed by atoms with Gasteiger partial charge in [-0.3, -0.25) is 4.79 Å². The summed E-state index contributed by atoms with van der Waals surface area (Å²) in [7, 11) is 0. The molecule has 2 heterocycles. The molecule has 0 bridgehead atoms. The van der Waals surface area contributed by atoms with Crippen LogP contribution in [0.1, 0.15) is 16.7 Å². The predicted octanol–water partition coefficient (Wildman–Crippen LogP) is 4.87. The summed E-state index contributed by atoms with van der Waals surface area (Å²) in [6, 6.07) is 8.34. The third-order valence-electron chi connectivity index (χ3n) is 4.47. The van der Waals surface area contributed by atoms with E-state index >= 15 is 0 Å². The smallest absolute Gasteiger partial charge is 0.336 e. The number of rotatable bonds is 4. The number of carbonyl (C=O) groups excluding carboxylic acids is 1. The summed E-state index contributed by atoms with van der Waals surface area (Å²) < 4.78 is 37.8. The van der Waals surface area contributed by atoms with Crippen LogP contribution in [0.15, 0.2) is 41.6 Å². The van der Waals surface area contributed by atoms with Crippen LogP contribution >= 0.6 is 11.8 Å². The Balaban J connectivity index is 1.46. The highest BCUT2D eigenvalue weighted by Crippen LogP contribution is 2.30. The van der Waals surface area contributed by atoms with Gasteiger partial charge in [-0.2, -0.15) is 13.2 Å². The molecule has 0 spiro atoms. The minimum atomic E-state index is -4.42. The highest BCUT2D eigenvalue weighted by Gasteiger charge is 2.30. The van der Waals surface area contributed by atoms with Crippen LogP contribution in [0.5, 0.6) is 0 Å². The summed E-state index contributed by atoms with van der Waals surface area (Å²) in [5, 5.41) is 12.1. The van der Waals surface area contributed by atoms with Crippen LogP contribution in [-0.2, 0) is 11.0 Å². The quantitative estimate of drug-likeness (QED) is 0.451. The number of thioether (sulfide) groups is 1. The maximum atomic E-state index is 12.6. The first-order chi connectivity index (χ1) is 14.2. The third kappa shape index (κ3) is 4.09. The summed E-state index contributed by atoms with van der Waals surface area (Å²) in [5.74, 6) is -0.386. The fourth-order valence-electron chi connectivity index (χ4n) is 3.21. The lowest BCUT2D eigenvalue weighted by molar-refractivity contribution is -0.137. The van der Waals surface area contributed by atoms with Gasteiger partial charge in [-0.1, -0.05) is 17.8 Å². The van der Waals surface area contributed by atoms with Gasteiger partial charge in [-0.15, -0.1) is 10.2 Å². The third-order valence-corrected chi connectivity index (χ3v) is 5.30. The van der Waals surface area contributed by atoms with Gasteiger partial charge in [-0.05, 0) is 55.3 Å². The number of aryl methyl sites for hydroxylation is 2. The molecule has 0 atom stereocenters. The molecule has 154 valence electrons. The van der Waals surface area contributed by atoms with Gasteiger partial charge in [0.2, 0.25) is 11.1 Å². The van der Waals surface area contributed by atoms with Crippen LogP contribution in [0.3, 0.4) is 0 Å². The number of aromatic nitrogens is 4. The van der Waals surface area contributed by atoms with E-state index in [4.69, 9.17) is 0 Å². The van der Waals surface area contributed by atoms with Gasteiger partial charge in [0.05, 0.1) is 11.3 Å². The van der Waals surface area contributed by atoms with Crippen molar-refractivity contribution in [1.82, 2.24) is 20.2 Å². The second-order valence-corrected chi connectivity index (χ2v) is 7.78. The molecule has 6 nitrogen and oxygen atoms in total. The van der Waals surface area contributed by atoms with Gasteiger partial charge in [0.25, 0.3) is 0 Å². The number of nitrogens with zero attached hydrogens (tertiary/aromatic N) is 3. The zero-order chi connectivity index (χ0) is 21.5. The minimum absolute atomic E-state index is 0.00530. The van der Waals surface area contributed by atoms with Gasteiger partial charge in [0.1, 0.15) is 5.52 Å². The molecule has 0 fully saturated rings. The van der Waals surface area contributed by atoms with Gasteiger partial charge in [0.15, 0.2) is 5.65 Å². The Kier molecular flexibility index (Phi) is 5.10. The van der Waals surface area contributed by atoms with Crippen LogP contribution < -0.4 is 5.32 Å². The van der Waals surface area contributed by atoms with E-state index in [1.165, 1.54) is 12.1 Å². The number of benzene rings is 2. The zero-order valence-corrected chi connectivity index (χ0v) is 16.8. The highest BCUT2D eigenvalue weighted by molar-refractivity contribution is 7.99. The number of amides is 1. The lowest BCUT2D eigenvalue weighted by Gasteiger charge is -2.08. The normalized spacial score (nSPS) is 11.9. The van der Waals surface area contributed by atoms with E-state index < -0.39 is 11.7 Å². The standard InChI is InChI=1S/C20H16F3N5OS/c1-10-7-11(2)16-14(8-10)25-18-17(16)26-19(28-27-18)30-9-15(29)24-13-5-3-12(4-6-13)20(21,22)23/h3-8H,9H2,1-2H3,(H,24,29)(H,25,27). The van der Waals surface area contributed by atoms with Crippen molar-refractivity contribution in [3.8, 4) is 0 Å². The molecule has 2 N–H and O–H groups in total. The number of anilines is 1. The molecular formula is C20H16F3N5OS. The summed E-state index contributed by atoms with van der Waals surface area (Å²) >= 11 is 1.10. The number of H-pyrrole nitrogens is 1. The van der Waals surface area contributed by atoms with E-state index in [9.17, 15) is 18.0 Å². The largest absolute Gasteiger partial charge is 0.416 e. The Labute approximate surface area is 173 Å². The Morgan fingerprint density at radius 2 is 1.87 bits per heavy atom. The summed E-state index contributed by atoms with van der Waals surface area (Å²) in [5.41, 5.74) is 3.87. The first-order valence-electron chi connectivity index (χ1n) is 8.94. The van der Waals surface area contributed by atoms with Crippen molar-refractivity contribution in [3.63, 3.8) is 0 Å². The lowest BCUT2D eigenvalue weighted by atomic mass is 10.1. The summed E-state index contributed by atoms with van der Waals surface area (Å²) in [6.07, 6.45) is -4.42. The van der Waals surface area contributed by atoms with Crippen molar-refractivity contribution in [2.75, 3.05) is 11.1 Å². The van der Waals surface area contributed by atoms with Crippen LogP contribution in [-0.4, -0.2) is 31.8 Å². The van der Waals surface area contributed by atoms with Gasteiger partial charge < -0.3 is 10.3 Å². The molecule has 0 unspecified atom stereocenters. The average Bonchev–Trinajstić information content (AvgIpc) is 3.03. The van der Waals surface area contributed by atoms with Crippen LogP contribution in [0.2, 0.25) is 0 Å². The molecule has 0 aliphatic carbocycles. The molecular weight excluding hydrogens is 415 g/mol. The molecule has 0 aliphatic rings. The minimum Gasteiger partial charge on any atom is -0.336 e. The summed E-state index contributed by atoms with van der Waals surface area (Å²) in [4.78, 5) is 19.9. The average molecular weight is 431 g/mol. The second kappa shape index (κ2) is 7.60. The topological polar surface area (TPSA) is 83.6 Å². The molecule has 2 aromatic carbocycles. The molecule has 10 heteroatoms. The van der Waals surface area contributed by atoms with Gasteiger partial charge in [-0.25, -0.2) is 4.98 Å². The molecule has 0 saturated heterocycles. The molecule has 1 amide bonds. The van der Waals surface area contributed by atoms with Crippen LogP contribution in [0.25, 0.3) is 22.1 Å². The first-order valence-corrected chi connectivity index (χ1v) is 9.92. The maximum absolute atomic E-state index is 12.6. The number of alkyl halides is 3.